The van der Waals surface area contributed by atoms with Crippen LogP contribution in [0.15, 0.2) is 11.1 Å². The molecule has 1 aromatic heterocycles. The highest BCUT2D eigenvalue weighted by molar-refractivity contribution is 6.36. The summed E-state index contributed by atoms with van der Waals surface area (Å²) in [7, 11) is 0. The Morgan fingerprint density at radius 1 is 1.39 bits per heavy atom. The molecular formula is C15H17Cl2FN2O3. The van der Waals surface area contributed by atoms with E-state index in [1.807, 2.05) is 0 Å². The van der Waals surface area contributed by atoms with Gasteiger partial charge in [-0.05, 0) is 33.8 Å². The first kappa shape index (κ1) is 19.5. The molecule has 0 saturated heterocycles. The molecule has 1 aromatic rings. The zero-order chi connectivity index (χ0) is 17.8. The van der Waals surface area contributed by atoms with E-state index in [0.717, 1.165) is 6.07 Å². The molecule has 0 fully saturated rings. The number of ketones is 1. The van der Waals surface area contributed by atoms with Crippen molar-refractivity contribution in [3.63, 3.8) is 0 Å². The molecule has 1 unspecified atom stereocenters. The number of aliphatic imine (C=N–C) groups is 1. The van der Waals surface area contributed by atoms with Gasteiger partial charge in [0.1, 0.15) is 5.15 Å². The van der Waals surface area contributed by atoms with Gasteiger partial charge in [-0.15, -0.1) is 0 Å². The Labute approximate surface area is 143 Å². The maximum Gasteiger partial charge on any atom is 0.322 e. The highest BCUT2D eigenvalue weighted by atomic mass is 35.5. The second-order valence-corrected chi connectivity index (χ2v) is 6.36. The molecule has 1 rings (SSSR count). The quantitative estimate of drug-likeness (QED) is 0.263. The number of carbonyl (C=O) groups excluding carboxylic acids is 2. The number of rotatable bonds is 5. The zero-order valence-corrected chi connectivity index (χ0v) is 14.7. The third-order valence-electron chi connectivity index (χ3n) is 2.59. The smallest absolute Gasteiger partial charge is 0.322 e. The Morgan fingerprint density at radius 2 is 2.00 bits per heavy atom. The lowest BCUT2D eigenvalue weighted by atomic mass is 9.99. The Bertz CT molecular complexity index is 642. The number of nitrogens with zero attached hydrogens (tertiary/aromatic N) is 2. The summed E-state index contributed by atoms with van der Waals surface area (Å²) in [6, 6.07) is 0.844. The molecule has 23 heavy (non-hydrogen) atoms. The first-order valence-corrected chi connectivity index (χ1v) is 7.60. The van der Waals surface area contributed by atoms with Crippen LogP contribution >= 0.6 is 23.2 Å². The van der Waals surface area contributed by atoms with E-state index in [1.165, 1.54) is 6.21 Å². The van der Waals surface area contributed by atoms with E-state index < -0.39 is 34.2 Å². The van der Waals surface area contributed by atoms with Gasteiger partial charge < -0.3 is 4.74 Å². The van der Waals surface area contributed by atoms with E-state index in [-0.39, 0.29) is 17.3 Å². The van der Waals surface area contributed by atoms with Gasteiger partial charge in [-0.25, -0.2) is 9.37 Å². The van der Waals surface area contributed by atoms with Gasteiger partial charge in [-0.3, -0.25) is 14.6 Å². The summed E-state index contributed by atoms with van der Waals surface area (Å²) in [6.07, 6.45) is 1.18. The molecule has 8 heteroatoms. The summed E-state index contributed by atoms with van der Waals surface area (Å²) >= 11 is 11.3. The number of pyridine rings is 1. The van der Waals surface area contributed by atoms with Gasteiger partial charge in [0.25, 0.3) is 0 Å². The van der Waals surface area contributed by atoms with Crippen LogP contribution in [0.4, 0.5) is 4.39 Å². The molecule has 5 nitrogen and oxygen atoms in total. The van der Waals surface area contributed by atoms with E-state index in [0.29, 0.717) is 0 Å². The molecule has 0 saturated carbocycles. The fraction of sp³-hybridized carbons (Fsp3) is 0.467. The Hall–Kier alpha value is -1.53. The van der Waals surface area contributed by atoms with Crippen molar-refractivity contribution < 1.29 is 18.7 Å². The molecule has 0 radical (unpaired) electrons. The van der Waals surface area contributed by atoms with E-state index >= 15 is 0 Å². The van der Waals surface area contributed by atoms with Crippen molar-refractivity contribution in [1.82, 2.24) is 4.98 Å². The number of ether oxygens (including phenoxy) is 1. The lowest BCUT2D eigenvalue weighted by Gasteiger charge is -2.15. The number of halogens is 3. The number of Topliss-reactive ketones (excluding diaryl/α,β-unsaturated/α-hetero) is 1. The standard InChI is InChI=1S/C15H17Cl2FN2O3/c1-5-23-14(22)9(7-19-15(2,3)4)11(21)8-6-10(18)13(17)20-12(8)16/h6-7,9H,5H2,1-4H3. The van der Waals surface area contributed by atoms with Crippen molar-refractivity contribution in [3.8, 4) is 0 Å². The first-order chi connectivity index (χ1) is 10.6. The molecule has 0 aliphatic rings. The van der Waals surface area contributed by atoms with Crippen LogP contribution in [-0.2, 0) is 9.53 Å². The highest BCUT2D eigenvalue weighted by Crippen LogP contribution is 2.23. The molecule has 0 spiro atoms. The largest absolute Gasteiger partial charge is 0.465 e. The molecule has 0 aliphatic heterocycles. The van der Waals surface area contributed by atoms with Crippen LogP contribution in [0.1, 0.15) is 38.1 Å². The predicted octanol–water partition coefficient (Wildman–Crippen LogP) is 3.76. The third-order valence-corrected chi connectivity index (χ3v) is 3.14. The summed E-state index contributed by atoms with van der Waals surface area (Å²) in [5, 5.41) is -0.748. The van der Waals surface area contributed by atoms with Gasteiger partial charge in [-0.1, -0.05) is 23.2 Å². The van der Waals surface area contributed by atoms with Crippen molar-refractivity contribution in [2.45, 2.75) is 33.2 Å². The van der Waals surface area contributed by atoms with Crippen LogP contribution in [0.2, 0.25) is 10.3 Å². The summed E-state index contributed by atoms with van der Waals surface area (Å²) in [5.74, 6) is -3.80. The topological polar surface area (TPSA) is 68.6 Å². The molecule has 0 N–H and O–H groups in total. The monoisotopic (exact) mass is 362 g/mol. The lowest BCUT2D eigenvalue weighted by molar-refractivity contribution is -0.143. The van der Waals surface area contributed by atoms with Crippen molar-refractivity contribution in [3.05, 3.63) is 27.8 Å². The molecule has 1 heterocycles. The number of hydrogen-bond acceptors (Lipinski definition) is 5. The van der Waals surface area contributed by atoms with Crippen LogP contribution in [0.3, 0.4) is 0 Å². The van der Waals surface area contributed by atoms with Crippen LogP contribution in [0.5, 0.6) is 0 Å². The van der Waals surface area contributed by atoms with Gasteiger partial charge in [-0.2, -0.15) is 0 Å². The fourth-order valence-electron chi connectivity index (χ4n) is 1.55. The number of esters is 1. The summed E-state index contributed by atoms with van der Waals surface area (Å²) in [5.41, 5.74) is -0.759. The highest BCUT2D eigenvalue weighted by Gasteiger charge is 2.30. The van der Waals surface area contributed by atoms with Crippen molar-refractivity contribution in [2.24, 2.45) is 10.9 Å². The van der Waals surface area contributed by atoms with Gasteiger partial charge >= 0.3 is 5.97 Å². The number of carbonyl (C=O) groups is 2. The van der Waals surface area contributed by atoms with Crippen molar-refractivity contribution >= 4 is 41.2 Å². The zero-order valence-electron chi connectivity index (χ0n) is 13.2. The molecule has 0 aromatic carbocycles. The minimum Gasteiger partial charge on any atom is -0.465 e. The molecular weight excluding hydrogens is 346 g/mol. The Morgan fingerprint density at radius 3 is 2.52 bits per heavy atom. The molecule has 0 amide bonds. The van der Waals surface area contributed by atoms with Gasteiger partial charge in [0.15, 0.2) is 22.7 Å². The van der Waals surface area contributed by atoms with E-state index in [1.54, 1.807) is 27.7 Å². The average molecular weight is 363 g/mol. The summed E-state index contributed by atoms with van der Waals surface area (Å²) in [6.45, 7) is 7.09. The lowest BCUT2D eigenvalue weighted by Crippen LogP contribution is -2.29. The van der Waals surface area contributed by atoms with Gasteiger partial charge in [0, 0.05) is 6.21 Å². The minimum absolute atomic E-state index is 0.0902. The number of hydrogen-bond donors (Lipinski definition) is 0. The van der Waals surface area contributed by atoms with Gasteiger partial charge in [0.2, 0.25) is 0 Å². The fourth-order valence-corrected chi connectivity index (χ4v) is 1.97. The molecule has 0 bridgehead atoms. The van der Waals surface area contributed by atoms with Crippen LogP contribution < -0.4 is 0 Å². The second kappa shape index (κ2) is 7.84. The van der Waals surface area contributed by atoms with E-state index in [9.17, 15) is 14.0 Å². The van der Waals surface area contributed by atoms with Gasteiger partial charge in [0.05, 0.1) is 17.7 Å². The molecule has 126 valence electrons. The Kier molecular flexibility index (Phi) is 6.65. The summed E-state index contributed by atoms with van der Waals surface area (Å²) < 4.78 is 18.4. The maximum absolute atomic E-state index is 13.6. The van der Waals surface area contributed by atoms with E-state index in [4.69, 9.17) is 27.9 Å². The van der Waals surface area contributed by atoms with Crippen LogP contribution in [0, 0.1) is 11.7 Å². The predicted molar refractivity (Wildman–Crippen MR) is 86.9 cm³/mol. The second-order valence-electron chi connectivity index (χ2n) is 5.64. The Balaban J connectivity index is 3.26. The van der Waals surface area contributed by atoms with Crippen molar-refractivity contribution in [2.75, 3.05) is 6.61 Å². The van der Waals surface area contributed by atoms with E-state index in [2.05, 4.69) is 9.98 Å². The normalized spacial score (nSPS) is 13.2. The minimum atomic E-state index is -1.34. The average Bonchev–Trinajstić information content (AvgIpc) is 2.41. The number of aromatic nitrogens is 1. The maximum atomic E-state index is 13.6. The first-order valence-electron chi connectivity index (χ1n) is 6.84. The van der Waals surface area contributed by atoms with Crippen LogP contribution in [-0.4, -0.2) is 35.1 Å². The molecule has 1 atom stereocenters. The SMILES string of the molecule is CCOC(=O)C(C=NC(C)(C)C)C(=O)c1cc(F)c(Cl)nc1Cl. The van der Waals surface area contributed by atoms with Crippen LogP contribution in [0.25, 0.3) is 0 Å². The third kappa shape index (κ3) is 5.55. The molecule has 0 aliphatic carbocycles. The van der Waals surface area contributed by atoms with Crippen molar-refractivity contribution in [1.29, 1.82) is 0 Å². The summed E-state index contributed by atoms with van der Waals surface area (Å²) in [4.78, 5) is 32.2.